The average Bonchev–Trinajstić information content (AvgIpc) is 2.31. The monoisotopic (exact) mass is 221 g/mol. The molecule has 4 heteroatoms. The molecule has 0 saturated carbocycles. The Morgan fingerprint density at radius 1 is 1.56 bits per heavy atom. The first-order chi connectivity index (χ1) is 7.70. The highest BCUT2D eigenvalue weighted by molar-refractivity contribution is 5.46. The number of hydrogen-bond donors (Lipinski definition) is 2. The van der Waals surface area contributed by atoms with Gasteiger partial charge in [-0.3, -0.25) is 0 Å². The van der Waals surface area contributed by atoms with E-state index >= 15 is 0 Å². The van der Waals surface area contributed by atoms with Gasteiger partial charge in [0.1, 0.15) is 5.82 Å². The predicted molar refractivity (Wildman–Crippen MR) is 65.3 cm³/mol. The Hall–Kier alpha value is -1.29. The van der Waals surface area contributed by atoms with Crippen LogP contribution in [-0.4, -0.2) is 29.3 Å². The standard InChI is InChI=1S/C12H19N3O/c1-2-9-8-15(6-5-11(9)16)12-4-3-10(13)7-14-12/h3-4,7,9,11,16H,2,5-6,8,13H2,1H3/t9-,11+/m0/s1. The van der Waals surface area contributed by atoms with Gasteiger partial charge in [-0.15, -0.1) is 0 Å². The largest absolute Gasteiger partial charge is 0.397 e. The molecule has 1 aromatic rings. The minimum Gasteiger partial charge on any atom is -0.397 e. The van der Waals surface area contributed by atoms with E-state index in [1.165, 1.54) is 0 Å². The van der Waals surface area contributed by atoms with Crippen molar-refractivity contribution in [3.63, 3.8) is 0 Å². The first-order valence-corrected chi connectivity index (χ1v) is 5.85. The Balaban J connectivity index is 2.08. The van der Waals surface area contributed by atoms with Gasteiger partial charge in [-0.1, -0.05) is 6.92 Å². The van der Waals surface area contributed by atoms with Crippen LogP contribution in [-0.2, 0) is 0 Å². The summed E-state index contributed by atoms with van der Waals surface area (Å²) >= 11 is 0. The van der Waals surface area contributed by atoms with Crippen molar-refractivity contribution in [2.24, 2.45) is 5.92 Å². The van der Waals surface area contributed by atoms with Crippen molar-refractivity contribution in [2.75, 3.05) is 23.7 Å². The van der Waals surface area contributed by atoms with Crippen LogP contribution in [0, 0.1) is 5.92 Å². The molecule has 0 spiro atoms. The normalized spacial score (nSPS) is 25.8. The van der Waals surface area contributed by atoms with Crippen molar-refractivity contribution in [3.8, 4) is 0 Å². The van der Waals surface area contributed by atoms with Crippen LogP contribution >= 0.6 is 0 Å². The molecule has 0 amide bonds. The minimum absolute atomic E-state index is 0.157. The van der Waals surface area contributed by atoms with Crippen molar-refractivity contribution in [2.45, 2.75) is 25.9 Å². The van der Waals surface area contributed by atoms with Crippen molar-refractivity contribution in [1.82, 2.24) is 4.98 Å². The SMILES string of the molecule is CC[C@H]1CN(c2ccc(N)cn2)CC[C@H]1O. The summed E-state index contributed by atoms with van der Waals surface area (Å²) in [6, 6.07) is 3.81. The first-order valence-electron chi connectivity index (χ1n) is 5.85. The van der Waals surface area contributed by atoms with E-state index < -0.39 is 0 Å². The van der Waals surface area contributed by atoms with Crippen molar-refractivity contribution in [3.05, 3.63) is 18.3 Å². The van der Waals surface area contributed by atoms with Crippen LogP contribution in [0.25, 0.3) is 0 Å². The molecule has 0 aromatic carbocycles. The first kappa shape index (κ1) is 11.2. The Morgan fingerprint density at radius 3 is 3.00 bits per heavy atom. The lowest BCUT2D eigenvalue weighted by Crippen LogP contribution is -2.43. The van der Waals surface area contributed by atoms with E-state index in [2.05, 4.69) is 16.8 Å². The van der Waals surface area contributed by atoms with Gasteiger partial charge in [-0.25, -0.2) is 4.98 Å². The summed E-state index contributed by atoms with van der Waals surface area (Å²) in [6.07, 6.45) is 3.36. The maximum atomic E-state index is 9.81. The van der Waals surface area contributed by atoms with E-state index in [-0.39, 0.29) is 6.10 Å². The number of nitrogens with two attached hydrogens (primary N) is 1. The topological polar surface area (TPSA) is 62.4 Å². The molecule has 1 fully saturated rings. The lowest BCUT2D eigenvalue weighted by atomic mass is 9.92. The fourth-order valence-electron chi connectivity index (χ4n) is 2.21. The van der Waals surface area contributed by atoms with Crippen LogP contribution < -0.4 is 10.6 Å². The quantitative estimate of drug-likeness (QED) is 0.789. The molecule has 0 aliphatic carbocycles. The molecule has 1 aliphatic rings. The average molecular weight is 221 g/mol. The summed E-state index contributed by atoms with van der Waals surface area (Å²) in [7, 11) is 0. The third kappa shape index (κ3) is 2.27. The number of rotatable bonds is 2. The highest BCUT2D eigenvalue weighted by Gasteiger charge is 2.26. The fourth-order valence-corrected chi connectivity index (χ4v) is 2.21. The number of aliphatic hydroxyl groups is 1. The van der Waals surface area contributed by atoms with Gasteiger partial charge in [0.05, 0.1) is 18.0 Å². The minimum atomic E-state index is -0.157. The molecule has 2 atom stereocenters. The number of aliphatic hydroxyl groups excluding tert-OH is 1. The number of hydrogen-bond acceptors (Lipinski definition) is 4. The maximum Gasteiger partial charge on any atom is 0.128 e. The van der Waals surface area contributed by atoms with E-state index in [9.17, 15) is 5.11 Å². The van der Waals surface area contributed by atoms with Crippen LogP contribution in [0.3, 0.4) is 0 Å². The summed E-state index contributed by atoms with van der Waals surface area (Å²) in [5.74, 6) is 1.31. The molecule has 1 saturated heterocycles. The maximum absolute atomic E-state index is 9.81. The predicted octanol–water partition coefficient (Wildman–Crippen LogP) is 1.26. The fraction of sp³-hybridized carbons (Fsp3) is 0.583. The molecule has 2 heterocycles. The van der Waals surface area contributed by atoms with Gasteiger partial charge in [0.2, 0.25) is 0 Å². The second-order valence-electron chi connectivity index (χ2n) is 4.42. The van der Waals surface area contributed by atoms with Crippen LogP contribution in [0.4, 0.5) is 11.5 Å². The molecular formula is C12H19N3O. The van der Waals surface area contributed by atoms with Crippen LogP contribution in [0.2, 0.25) is 0 Å². The third-order valence-electron chi connectivity index (χ3n) is 3.31. The molecule has 3 N–H and O–H groups in total. The Bertz CT molecular complexity index is 339. The molecule has 1 aromatic heterocycles. The van der Waals surface area contributed by atoms with Crippen LogP contribution in [0.15, 0.2) is 18.3 Å². The Labute approximate surface area is 96.1 Å². The van der Waals surface area contributed by atoms with Crippen molar-refractivity contribution < 1.29 is 5.11 Å². The number of piperidine rings is 1. The van der Waals surface area contributed by atoms with E-state index in [4.69, 9.17) is 5.73 Å². The van der Waals surface area contributed by atoms with Gasteiger partial charge in [0.15, 0.2) is 0 Å². The van der Waals surface area contributed by atoms with Gasteiger partial charge in [-0.05, 0) is 25.0 Å². The molecule has 4 nitrogen and oxygen atoms in total. The summed E-state index contributed by atoms with van der Waals surface area (Å²) in [5, 5.41) is 9.81. The van der Waals surface area contributed by atoms with E-state index in [0.29, 0.717) is 11.6 Å². The third-order valence-corrected chi connectivity index (χ3v) is 3.31. The van der Waals surface area contributed by atoms with Gasteiger partial charge >= 0.3 is 0 Å². The number of nitrogens with zero attached hydrogens (tertiary/aromatic N) is 2. The smallest absolute Gasteiger partial charge is 0.128 e. The number of nitrogen functional groups attached to an aromatic ring is 1. The molecule has 2 rings (SSSR count). The van der Waals surface area contributed by atoms with E-state index in [0.717, 1.165) is 31.7 Å². The van der Waals surface area contributed by atoms with Crippen LogP contribution in [0.1, 0.15) is 19.8 Å². The lowest BCUT2D eigenvalue weighted by Gasteiger charge is -2.36. The number of pyridine rings is 1. The second kappa shape index (κ2) is 4.70. The second-order valence-corrected chi connectivity index (χ2v) is 4.42. The van der Waals surface area contributed by atoms with Crippen LogP contribution in [0.5, 0.6) is 0 Å². The molecule has 16 heavy (non-hydrogen) atoms. The highest BCUT2D eigenvalue weighted by Crippen LogP contribution is 2.24. The molecule has 0 unspecified atom stereocenters. The summed E-state index contributed by atoms with van der Waals surface area (Å²) in [6.45, 7) is 3.87. The molecule has 1 aliphatic heterocycles. The zero-order valence-corrected chi connectivity index (χ0v) is 9.63. The Morgan fingerprint density at radius 2 is 2.38 bits per heavy atom. The Kier molecular flexibility index (Phi) is 3.29. The van der Waals surface area contributed by atoms with E-state index in [1.54, 1.807) is 6.20 Å². The summed E-state index contributed by atoms with van der Waals surface area (Å²) in [5.41, 5.74) is 6.30. The number of anilines is 2. The zero-order chi connectivity index (χ0) is 11.5. The molecule has 88 valence electrons. The van der Waals surface area contributed by atoms with Gasteiger partial charge < -0.3 is 15.7 Å². The molecule has 0 bridgehead atoms. The van der Waals surface area contributed by atoms with Crippen molar-refractivity contribution >= 4 is 11.5 Å². The van der Waals surface area contributed by atoms with Crippen molar-refractivity contribution in [1.29, 1.82) is 0 Å². The van der Waals surface area contributed by atoms with Gasteiger partial charge in [-0.2, -0.15) is 0 Å². The summed E-state index contributed by atoms with van der Waals surface area (Å²) in [4.78, 5) is 6.54. The van der Waals surface area contributed by atoms with E-state index in [1.807, 2.05) is 12.1 Å². The summed E-state index contributed by atoms with van der Waals surface area (Å²) < 4.78 is 0. The zero-order valence-electron chi connectivity index (χ0n) is 9.63. The molecular weight excluding hydrogens is 202 g/mol. The van der Waals surface area contributed by atoms with Gasteiger partial charge in [0, 0.05) is 19.0 Å². The molecule has 0 radical (unpaired) electrons. The van der Waals surface area contributed by atoms with Gasteiger partial charge in [0.25, 0.3) is 0 Å². The number of aromatic nitrogens is 1. The lowest BCUT2D eigenvalue weighted by molar-refractivity contribution is 0.0858. The highest BCUT2D eigenvalue weighted by atomic mass is 16.3.